The first-order valence-corrected chi connectivity index (χ1v) is 6.26. The van der Waals surface area contributed by atoms with Crippen LogP contribution in [0.5, 0.6) is 0 Å². The Morgan fingerprint density at radius 1 is 1.39 bits per heavy atom. The van der Waals surface area contributed by atoms with E-state index in [-0.39, 0.29) is 5.91 Å². The standard InChI is InChI=1S/C14H20N2O2/c1-14(2,18-3)13(17)16-10-6-9-15-11-7-4-5-8-12(11)16/h4-5,7-8,15H,6,9-10H2,1-3H3. The predicted molar refractivity (Wildman–Crippen MR) is 73.0 cm³/mol. The van der Waals surface area contributed by atoms with Crippen molar-refractivity contribution < 1.29 is 9.53 Å². The lowest BCUT2D eigenvalue weighted by molar-refractivity contribution is -0.136. The van der Waals surface area contributed by atoms with Crippen LogP contribution in [0.25, 0.3) is 0 Å². The summed E-state index contributed by atoms with van der Waals surface area (Å²) in [5.41, 5.74) is 1.15. The van der Waals surface area contributed by atoms with E-state index in [4.69, 9.17) is 4.74 Å². The highest BCUT2D eigenvalue weighted by molar-refractivity contribution is 6.01. The van der Waals surface area contributed by atoms with Crippen LogP contribution in [0.2, 0.25) is 0 Å². The predicted octanol–water partition coefficient (Wildman–Crippen LogP) is 2.26. The van der Waals surface area contributed by atoms with Gasteiger partial charge in [-0.3, -0.25) is 4.79 Å². The molecule has 0 saturated carbocycles. The Hall–Kier alpha value is -1.55. The number of methoxy groups -OCH3 is 1. The average molecular weight is 248 g/mol. The molecule has 0 spiro atoms. The Morgan fingerprint density at radius 3 is 2.83 bits per heavy atom. The van der Waals surface area contributed by atoms with Crippen molar-refractivity contribution in [2.75, 3.05) is 30.4 Å². The lowest BCUT2D eigenvalue weighted by Gasteiger charge is -2.30. The van der Waals surface area contributed by atoms with Crippen LogP contribution in [0.1, 0.15) is 20.3 Å². The maximum absolute atomic E-state index is 12.5. The zero-order valence-electron chi connectivity index (χ0n) is 11.2. The Kier molecular flexibility index (Phi) is 3.57. The first-order chi connectivity index (χ1) is 8.56. The van der Waals surface area contributed by atoms with Crippen LogP contribution in [0.3, 0.4) is 0 Å². The molecule has 98 valence electrons. The van der Waals surface area contributed by atoms with Crippen molar-refractivity contribution in [1.82, 2.24) is 0 Å². The van der Waals surface area contributed by atoms with Crippen molar-refractivity contribution in [3.05, 3.63) is 24.3 Å². The molecule has 0 saturated heterocycles. The van der Waals surface area contributed by atoms with Gasteiger partial charge in [-0.2, -0.15) is 0 Å². The van der Waals surface area contributed by atoms with E-state index < -0.39 is 5.60 Å². The molecule has 1 aliphatic rings. The molecule has 1 aromatic rings. The molecule has 4 heteroatoms. The third-order valence-electron chi connectivity index (χ3n) is 3.34. The number of anilines is 2. The third kappa shape index (κ3) is 2.34. The van der Waals surface area contributed by atoms with Crippen molar-refractivity contribution in [3.8, 4) is 0 Å². The summed E-state index contributed by atoms with van der Waals surface area (Å²) in [7, 11) is 1.57. The number of nitrogens with zero attached hydrogens (tertiary/aromatic N) is 1. The van der Waals surface area contributed by atoms with Crippen LogP contribution in [0.15, 0.2) is 24.3 Å². The molecular weight excluding hydrogens is 228 g/mol. The fourth-order valence-corrected chi connectivity index (χ4v) is 2.06. The number of amides is 1. The molecule has 1 aromatic carbocycles. The molecule has 18 heavy (non-hydrogen) atoms. The second kappa shape index (κ2) is 4.98. The van der Waals surface area contributed by atoms with E-state index in [0.717, 1.165) is 30.9 Å². The van der Waals surface area contributed by atoms with Gasteiger partial charge in [-0.1, -0.05) is 12.1 Å². The van der Waals surface area contributed by atoms with Gasteiger partial charge in [0.05, 0.1) is 11.4 Å². The number of para-hydroxylation sites is 2. The molecule has 0 fully saturated rings. The smallest absolute Gasteiger partial charge is 0.258 e. The Morgan fingerprint density at radius 2 is 2.11 bits per heavy atom. The maximum Gasteiger partial charge on any atom is 0.258 e. The number of carbonyl (C=O) groups excluding carboxylic acids is 1. The number of hydrogen-bond donors (Lipinski definition) is 1. The zero-order valence-corrected chi connectivity index (χ0v) is 11.2. The van der Waals surface area contributed by atoms with Gasteiger partial charge in [0.2, 0.25) is 0 Å². The molecule has 4 nitrogen and oxygen atoms in total. The number of carbonyl (C=O) groups is 1. The summed E-state index contributed by atoms with van der Waals surface area (Å²) < 4.78 is 5.30. The van der Waals surface area contributed by atoms with E-state index in [2.05, 4.69) is 5.32 Å². The molecule has 0 atom stereocenters. The second-order valence-electron chi connectivity index (χ2n) is 4.97. The highest BCUT2D eigenvalue weighted by atomic mass is 16.5. The highest BCUT2D eigenvalue weighted by Gasteiger charge is 2.33. The number of hydrogen-bond acceptors (Lipinski definition) is 3. The molecule has 0 aromatic heterocycles. The lowest BCUT2D eigenvalue weighted by atomic mass is 10.1. The number of rotatable bonds is 2. The van der Waals surface area contributed by atoms with E-state index in [9.17, 15) is 4.79 Å². The van der Waals surface area contributed by atoms with Gasteiger partial charge in [0.15, 0.2) is 0 Å². The van der Waals surface area contributed by atoms with Gasteiger partial charge < -0.3 is 15.0 Å². The van der Waals surface area contributed by atoms with Crippen LogP contribution < -0.4 is 10.2 Å². The van der Waals surface area contributed by atoms with Gasteiger partial charge in [-0.15, -0.1) is 0 Å². The van der Waals surface area contributed by atoms with Crippen LogP contribution in [-0.2, 0) is 9.53 Å². The molecule has 1 aliphatic heterocycles. The molecule has 0 bridgehead atoms. The van der Waals surface area contributed by atoms with Gasteiger partial charge in [-0.05, 0) is 32.4 Å². The minimum atomic E-state index is -0.794. The molecule has 1 heterocycles. The Bertz CT molecular complexity index is 443. The quantitative estimate of drug-likeness (QED) is 0.873. The summed E-state index contributed by atoms with van der Waals surface area (Å²) in [6.07, 6.45) is 0.931. The highest BCUT2D eigenvalue weighted by Crippen LogP contribution is 2.30. The number of fused-ring (bicyclic) bond motifs is 1. The van der Waals surface area contributed by atoms with Crippen LogP contribution in [0, 0.1) is 0 Å². The summed E-state index contributed by atoms with van der Waals surface area (Å²) >= 11 is 0. The molecule has 0 aliphatic carbocycles. The van der Waals surface area contributed by atoms with Crippen molar-refractivity contribution in [3.63, 3.8) is 0 Å². The van der Waals surface area contributed by atoms with E-state index >= 15 is 0 Å². The van der Waals surface area contributed by atoms with Crippen LogP contribution in [-0.4, -0.2) is 31.7 Å². The van der Waals surface area contributed by atoms with Crippen molar-refractivity contribution in [2.24, 2.45) is 0 Å². The van der Waals surface area contributed by atoms with E-state index in [0.29, 0.717) is 0 Å². The van der Waals surface area contributed by atoms with E-state index in [1.165, 1.54) is 0 Å². The molecule has 2 rings (SSSR count). The molecule has 0 unspecified atom stereocenters. The summed E-state index contributed by atoms with van der Waals surface area (Å²) in [6, 6.07) is 7.89. The van der Waals surface area contributed by atoms with Crippen molar-refractivity contribution >= 4 is 17.3 Å². The number of ether oxygens (including phenoxy) is 1. The van der Waals surface area contributed by atoms with Gasteiger partial charge in [0.25, 0.3) is 5.91 Å². The monoisotopic (exact) mass is 248 g/mol. The fourth-order valence-electron chi connectivity index (χ4n) is 2.06. The Balaban J connectivity index is 2.36. The minimum Gasteiger partial charge on any atom is -0.383 e. The summed E-state index contributed by atoms with van der Waals surface area (Å²) in [6.45, 7) is 5.20. The number of nitrogens with one attached hydrogen (secondary N) is 1. The lowest BCUT2D eigenvalue weighted by Crippen LogP contribution is -2.47. The van der Waals surface area contributed by atoms with E-state index in [1.807, 2.05) is 29.2 Å². The van der Waals surface area contributed by atoms with Gasteiger partial charge in [-0.25, -0.2) is 0 Å². The topological polar surface area (TPSA) is 41.6 Å². The Labute approximate surface area is 108 Å². The van der Waals surface area contributed by atoms with Gasteiger partial charge >= 0.3 is 0 Å². The average Bonchev–Trinajstić information content (AvgIpc) is 2.60. The van der Waals surface area contributed by atoms with Crippen molar-refractivity contribution in [2.45, 2.75) is 25.9 Å². The van der Waals surface area contributed by atoms with Gasteiger partial charge in [0, 0.05) is 20.2 Å². The molecular formula is C14H20N2O2. The van der Waals surface area contributed by atoms with Crippen LogP contribution >= 0.6 is 0 Å². The summed E-state index contributed by atoms with van der Waals surface area (Å²) in [5, 5.41) is 3.34. The normalized spacial score (nSPS) is 15.6. The maximum atomic E-state index is 12.5. The van der Waals surface area contributed by atoms with E-state index in [1.54, 1.807) is 21.0 Å². The molecule has 1 N–H and O–H groups in total. The fraction of sp³-hybridized carbons (Fsp3) is 0.500. The molecule has 1 amide bonds. The molecule has 0 radical (unpaired) electrons. The SMILES string of the molecule is COC(C)(C)C(=O)N1CCCNc2ccccc21. The number of benzene rings is 1. The summed E-state index contributed by atoms with van der Waals surface area (Å²) in [5.74, 6) is 0.00106. The van der Waals surface area contributed by atoms with Crippen LogP contribution in [0.4, 0.5) is 11.4 Å². The largest absolute Gasteiger partial charge is 0.383 e. The first kappa shape index (κ1) is 12.9. The zero-order chi connectivity index (χ0) is 13.2. The summed E-state index contributed by atoms with van der Waals surface area (Å²) in [4.78, 5) is 14.4. The second-order valence-corrected chi connectivity index (χ2v) is 4.97. The minimum absolute atomic E-state index is 0.00106. The third-order valence-corrected chi connectivity index (χ3v) is 3.34. The first-order valence-electron chi connectivity index (χ1n) is 6.26. The van der Waals surface area contributed by atoms with Crippen molar-refractivity contribution in [1.29, 1.82) is 0 Å². The van der Waals surface area contributed by atoms with Gasteiger partial charge in [0.1, 0.15) is 5.60 Å².